The van der Waals surface area contributed by atoms with Crippen LogP contribution in [0.2, 0.25) is 0 Å². The minimum atomic E-state index is -0.936. The lowest BCUT2D eigenvalue weighted by Crippen LogP contribution is -1.84. The highest BCUT2D eigenvalue weighted by molar-refractivity contribution is 9.11. The second kappa shape index (κ2) is 5.82. The molecule has 92 valence electrons. The van der Waals surface area contributed by atoms with E-state index in [0.29, 0.717) is 0 Å². The van der Waals surface area contributed by atoms with E-state index in [1.807, 2.05) is 30.3 Å². The Morgan fingerprint density at radius 2 is 2.00 bits per heavy atom. The number of aliphatic carboxylic acids is 1. The van der Waals surface area contributed by atoms with Crippen molar-refractivity contribution in [3.63, 3.8) is 0 Å². The third-order valence-corrected chi connectivity index (χ3v) is 4.48. The Morgan fingerprint density at radius 1 is 1.22 bits per heavy atom. The van der Waals surface area contributed by atoms with E-state index < -0.39 is 5.97 Å². The number of hydrogen-bond donors (Lipinski definition) is 1. The van der Waals surface area contributed by atoms with Gasteiger partial charge < -0.3 is 5.11 Å². The Kier molecular flexibility index (Phi) is 4.37. The fraction of sp³-hybridized carbons (Fsp3) is 0. The monoisotopic (exact) mass is 386 g/mol. The maximum atomic E-state index is 10.5. The van der Waals surface area contributed by atoms with Gasteiger partial charge in [-0.1, -0.05) is 31.9 Å². The van der Waals surface area contributed by atoms with E-state index in [-0.39, 0.29) is 0 Å². The topological polar surface area (TPSA) is 37.3 Å². The van der Waals surface area contributed by atoms with Crippen molar-refractivity contribution >= 4 is 55.2 Å². The van der Waals surface area contributed by atoms with Crippen LogP contribution in [0.4, 0.5) is 0 Å². The van der Waals surface area contributed by atoms with E-state index in [4.69, 9.17) is 5.11 Å². The summed E-state index contributed by atoms with van der Waals surface area (Å²) in [7, 11) is 0. The smallest absolute Gasteiger partial charge is 0.328 e. The van der Waals surface area contributed by atoms with Crippen molar-refractivity contribution in [3.8, 4) is 10.4 Å². The minimum absolute atomic E-state index is 0.916. The van der Waals surface area contributed by atoms with E-state index in [1.165, 1.54) is 0 Å². The van der Waals surface area contributed by atoms with Crippen molar-refractivity contribution < 1.29 is 9.90 Å². The lowest BCUT2D eigenvalue weighted by molar-refractivity contribution is -0.131. The SMILES string of the molecule is O=C(O)C=Cc1ccc(-c2cc(Br)ccc2Br)s1. The van der Waals surface area contributed by atoms with Crippen LogP contribution in [-0.2, 0) is 4.79 Å². The van der Waals surface area contributed by atoms with Crippen LogP contribution in [0.3, 0.4) is 0 Å². The third-order valence-electron chi connectivity index (χ3n) is 2.21. The van der Waals surface area contributed by atoms with Crippen LogP contribution in [-0.4, -0.2) is 11.1 Å². The van der Waals surface area contributed by atoms with Gasteiger partial charge in [-0.15, -0.1) is 11.3 Å². The molecule has 18 heavy (non-hydrogen) atoms. The molecule has 0 atom stereocenters. The summed E-state index contributed by atoms with van der Waals surface area (Å²) in [5.74, 6) is -0.936. The predicted octanol–water partition coefficient (Wildman–Crippen LogP) is 5.04. The summed E-state index contributed by atoms with van der Waals surface area (Å²) in [6.07, 6.45) is 2.74. The Labute approximate surface area is 125 Å². The summed E-state index contributed by atoms with van der Waals surface area (Å²) in [4.78, 5) is 12.5. The number of benzene rings is 1. The number of halogens is 2. The molecule has 0 spiro atoms. The van der Waals surface area contributed by atoms with Crippen LogP contribution in [0.15, 0.2) is 45.4 Å². The van der Waals surface area contributed by atoms with Gasteiger partial charge in [0.2, 0.25) is 0 Å². The highest BCUT2D eigenvalue weighted by Crippen LogP contribution is 2.35. The second-order valence-electron chi connectivity index (χ2n) is 3.50. The first-order valence-electron chi connectivity index (χ1n) is 5.02. The molecule has 0 amide bonds. The maximum absolute atomic E-state index is 10.5. The van der Waals surface area contributed by atoms with Crippen LogP contribution >= 0.6 is 43.2 Å². The number of thiophene rings is 1. The summed E-state index contributed by atoms with van der Waals surface area (Å²) < 4.78 is 2.03. The largest absolute Gasteiger partial charge is 0.478 e. The van der Waals surface area contributed by atoms with Crippen LogP contribution in [0.5, 0.6) is 0 Å². The predicted molar refractivity (Wildman–Crippen MR) is 81.8 cm³/mol. The van der Waals surface area contributed by atoms with E-state index >= 15 is 0 Å². The first-order chi connectivity index (χ1) is 8.56. The number of hydrogen-bond acceptors (Lipinski definition) is 2. The summed E-state index contributed by atoms with van der Waals surface area (Å²) >= 11 is 8.50. The summed E-state index contributed by atoms with van der Waals surface area (Å²) in [5, 5.41) is 8.58. The third kappa shape index (κ3) is 3.31. The number of carboxylic acids is 1. The second-order valence-corrected chi connectivity index (χ2v) is 6.38. The van der Waals surface area contributed by atoms with Gasteiger partial charge in [0.05, 0.1) is 0 Å². The summed E-state index contributed by atoms with van der Waals surface area (Å²) in [5.41, 5.74) is 1.09. The van der Waals surface area contributed by atoms with Crippen molar-refractivity contribution in [2.75, 3.05) is 0 Å². The molecule has 2 nitrogen and oxygen atoms in total. The molecular weight excluding hydrogens is 380 g/mol. The van der Waals surface area contributed by atoms with E-state index in [2.05, 4.69) is 31.9 Å². The zero-order valence-electron chi connectivity index (χ0n) is 9.06. The molecule has 0 saturated carbocycles. The Hall–Kier alpha value is -0.910. The van der Waals surface area contributed by atoms with Crippen LogP contribution in [0.1, 0.15) is 4.88 Å². The van der Waals surface area contributed by atoms with Crippen molar-refractivity contribution in [3.05, 3.63) is 50.2 Å². The molecule has 2 rings (SSSR count). The Balaban J connectivity index is 2.35. The van der Waals surface area contributed by atoms with Gasteiger partial charge in [0.15, 0.2) is 0 Å². The Bertz CT molecular complexity index is 617. The molecule has 0 aliphatic carbocycles. The fourth-order valence-electron chi connectivity index (χ4n) is 1.43. The standard InChI is InChI=1S/C13H8Br2O2S/c14-8-1-4-11(15)10(7-8)12-5-2-9(18-12)3-6-13(16)17/h1-7H,(H,16,17). The lowest BCUT2D eigenvalue weighted by atomic mass is 10.2. The van der Waals surface area contributed by atoms with Crippen LogP contribution < -0.4 is 0 Å². The van der Waals surface area contributed by atoms with Crippen molar-refractivity contribution in [2.24, 2.45) is 0 Å². The maximum Gasteiger partial charge on any atom is 0.328 e. The van der Waals surface area contributed by atoms with Crippen molar-refractivity contribution in [2.45, 2.75) is 0 Å². The lowest BCUT2D eigenvalue weighted by Gasteiger charge is -2.01. The van der Waals surface area contributed by atoms with Gasteiger partial charge in [-0.2, -0.15) is 0 Å². The van der Waals surface area contributed by atoms with Crippen LogP contribution in [0.25, 0.3) is 16.5 Å². The van der Waals surface area contributed by atoms with E-state index in [0.717, 1.165) is 30.3 Å². The first-order valence-corrected chi connectivity index (χ1v) is 7.43. The Morgan fingerprint density at radius 3 is 2.72 bits per heavy atom. The average molecular weight is 388 g/mol. The molecule has 0 radical (unpaired) electrons. The molecule has 1 heterocycles. The summed E-state index contributed by atoms with van der Waals surface area (Å²) in [6.45, 7) is 0. The molecule has 0 aliphatic rings. The molecule has 0 saturated heterocycles. The molecule has 1 aromatic carbocycles. The summed E-state index contributed by atoms with van der Waals surface area (Å²) in [6, 6.07) is 9.87. The van der Waals surface area contributed by atoms with E-state index in [9.17, 15) is 4.79 Å². The molecule has 0 aliphatic heterocycles. The zero-order valence-corrected chi connectivity index (χ0v) is 13.0. The minimum Gasteiger partial charge on any atom is -0.478 e. The molecule has 1 N–H and O–H groups in total. The zero-order chi connectivity index (χ0) is 13.1. The molecular formula is C13H8Br2O2S. The van der Waals surface area contributed by atoms with Crippen LogP contribution in [0, 0.1) is 0 Å². The number of rotatable bonds is 3. The molecule has 1 aromatic heterocycles. The molecule has 0 unspecified atom stereocenters. The van der Waals surface area contributed by atoms with Gasteiger partial charge in [0, 0.05) is 30.3 Å². The first kappa shape index (κ1) is 13.5. The fourth-order valence-corrected chi connectivity index (χ4v) is 3.32. The average Bonchev–Trinajstić information content (AvgIpc) is 2.78. The molecule has 5 heteroatoms. The quantitative estimate of drug-likeness (QED) is 0.749. The highest BCUT2D eigenvalue weighted by atomic mass is 79.9. The normalized spacial score (nSPS) is 11.0. The molecule has 0 bridgehead atoms. The molecule has 0 fully saturated rings. The highest BCUT2D eigenvalue weighted by Gasteiger charge is 2.06. The number of carboxylic acid groups (broad SMARTS) is 1. The van der Waals surface area contributed by atoms with Gasteiger partial charge in [-0.25, -0.2) is 4.79 Å². The van der Waals surface area contributed by atoms with Gasteiger partial charge in [-0.3, -0.25) is 0 Å². The van der Waals surface area contributed by atoms with Gasteiger partial charge >= 0.3 is 5.97 Å². The van der Waals surface area contributed by atoms with Gasteiger partial charge in [-0.05, 0) is 36.4 Å². The van der Waals surface area contributed by atoms with Crippen molar-refractivity contribution in [1.82, 2.24) is 0 Å². The molecule has 2 aromatic rings. The van der Waals surface area contributed by atoms with E-state index in [1.54, 1.807) is 17.4 Å². The van der Waals surface area contributed by atoms with Gasteiger partial charge in [0.25, 0.3) is 0 Å². The van der Waals surface area contributed by atoms with Crippen molar-refractivity contribution in [1.29, 1.82) is 0 Å². The van der Waals surface area contributed by atoms with Gasteiger partial charge in [0.1, 0.15) is 0 Å². The number of carbonyl (C=O) groups is 1.